The standard InChI is InChI=1S/C15H16N2O3/c1-10(18)13-7-8-14(17-13)15(19)16-9-11-3-5-12(20-2)6-4-11/h3-8,17H,9H2,1-2H3,(H,16,19). The van der Waals surface area contributed by atoms with E-state index < -0.39 is 0 Å². The predicted molar refractivity (Wildman–Crippen MR) is 75.0 cm³/mol. The summed E-state index contributed by atoms with van der Waals surface area (Å²) in [5, 5.41) is 2.78. The summed E-state index contributed by atoms with van der Waals surface area (Å²) in [4.78, 5) is 25.8. The van der Waals surface area contributed by atoms with Gasteiger partial charge >= 0.3 is 0 Å². The molecule has 0 aliphatic carbocycles. The van der Waals surface area contributed by atoms with Crippen LogP contribution in [0.3, 0.4) is 0 Å². The number of carbonyl (C=O) groups excluding carboxylic acids is 2. The van der Waals surface area contributed by atoms with Crippen molar-refractivity contribution in [1.82, 2.24) is 10.3 Å². The molecule has 0 saturated heterocycles. The van der Waals surface area contributed by atoms with Crippen LogP contribution < -0.4 is 10.1 Å². The van der Waals surface area contributed by atoms with E-state index in [0.717, 1.165) is 11.3 Å². The van der Waals surface area contributed by atoms with Gasteiger partial charge in [0.2, 0.25) is 0 Å². The van der Waals surface area contributed by atoms with Gasteiger partial charge in [0.05, 0.1) is 12.8 Å². The molecule has 5 nitrogen and oxygen atoms in total. The Bertz CT molecular complexity index is 614. The van der Waals surface area contributed by atoms with Crippen molar-refractivity contribution in [2.24, 2.45) is 0 Å². The molecule has 0 aliphatic rings. The number of ketones is 1. The van der Waals surface area contributed by atoms with Crippen molar-refractivity contribution in [3.05, 3.63) is 53.3 Å². The average Bonchev–Trinajstić information content (AvgIpc) is 2.95. The number of nitrogens with one attached hydrogen (secondary N) is 2. The van der Waals surface area contributed by atoms with E-state index in [0.29, 0.717) is 17.9 Å². The van der Waals surface area contributed by atoms with E-state index in [1.807, 2.05) is 24.3 Å². The molecule has 0 fully saturated rings. The van der Waals surface area contributed by atoms with E-state index in [4.69, 9.17) is 4.74 Å². The molecule has 1 amide bonds. The molecule has 104 valence electrons. The van der Waals surface area contributed by atoms with Gasteiger partial charge in [-0.1, -0.05) is 12.1 Å². The highest BCUT2D eigenvalue weighted by atomic mass is 16.5. The van der Waals surface area contributed by atoms with Crippen LogP contribution in [0, 0.1) is 0 Å². The second kappa shape index (κ2) is 6.06. The van der Waals surface area contributed by atoms with Crippen molar-refractivity contribution in [1.29, 1.82) is 0 Å². The zero-order valence-corrected chi connectivity index (χ0v) is 11.4. The SMILES string of the molecule is COc1ccc(CNC(=O)c2ccc(C(C)=O)[nH]2)cc1. The van der Waals surface area contributed by atoms with Gasteiger partial charge in [-0.25, -0.2) is 0 Å². The maximum Gasteiger partial charge on any atom is 0.267 e. The molecule has 2 N–H and O–H groups in total. The lowest BCUT2D eigenvalue weighted by atomic mass is 10.2. The highest BCUT2D eigenvalue weighted by Gasteiger charge is 2.09. The molecule has 2 rings (SSSR count). The molecule has 0 aliphatic heterocycles. The minimum atomic E-state index is -0.242. The number of hydrogen-bond donors (Lipinski definition) is 2. The zero-order valence-electron chi connectivity index (χ0n) is 11.4. The van der Waals surface area contributed by atoms with Crippen molar-refractivity contribution in [2.45, 2.75) is 13.5 Å². The summed E-state index contributed by atoms with van der Waals surface area (Å²) >= 11 is 0. The fourth-order valence-electron chi connectivity index (χ4n) is 1.75. The minimum Gasteiger partial charge on any atom is -0.497 e. The number of ether oxygens (including phenoxy) is 1. The Balaban J connectivity index is 1.95. The second-order valence-electron chi connectivity index (χ2n) is 4.37. The van der Waals surface area contributed by atoms with Gasteiger partial charge in [-0.2, -0.15) is 0 Å². The molecular weight excluding hydrogens is 256 g/mol. The number of Topliss-reactive ketones (excluding diaryl/α,β-unsaturated/α-hetero) is 1. The van der Waals surface area contributed by atoms with Crippen molar-refractivity contribution in [3.8, 4) is 5.75 Å². The third-order valence-corrected chi connectivity index (χ3v) is 2.92. The third kappa shape index (κ3) is 3.26. The maximum absolute atomic E-state index is 11.9. The van der Waals surface area contributed by atoms with E-state index in [1.165, 1.54) is 6.92 Å². The number of aromatic nitrogens is 1. The molecule has 20 heavy (non-hydrogen) atoms. The fraction of sp³-hybridized carbons (Fsp3) is 0.200. The third-order valence-electron chi connectivity index (χ3n) is 2.92. The average molecular weight is 272 g/mol. The lowest BCUT2D eigenvalue weighted by Crippen LogP contribution is -2.23. The van der Waals surface area contributed by atoms with E-state index >= 15 is 0 Å². The van der Waals surface area contributed by atoms with Crippen LogP contribution in [0.25, 0.3) is 0 Å². The van der Waals surface area contributed by atoms with Gasteiger partial charge in [0, 0.05) is 13.5 Å². The van der Waals surface area contributed by atoms with Gasteiger partial charge in [0.25, 0.3) is 5.91 Å². The molecule has 1 aromatic carbocycles. The Morgan fingerprint density at radius 2 is 1.75 bits per heavy atom. The molecule has 0 spiro atoms. The van der Waals surface area contributed by atoms with Crippen LogP contribution in [0.1, 0.15) is 33.5 Å². The summed E-state index contributed by atoms with van der Waals surface area (Å²) in [6.07, 6.45) is 0. The van der Waals surface area contributed by atoms with Crippen molar-refractivity contribution in [2.75, 3.05) is 7.11 Å². The fourth-order valence-corrected chi connectivity index (χ4v) is 1.75. The molecule has 0 saturated carbocycles. The predicted octanol–water partition coefficient (Wildman–Crippen LogP) is 2.16. The molecule has 1 aromatic heterocycles. The first kappa shape index (κ1) is 13.9. The number of H-pyrrole nitrogens is 1. The Morgan fingerprint density at radius 1 is 1.10 bits per heavy atom. The summed E-state index contributed by atoms with van der Waals surface area (Å²) < 4.78 is 5.06. The number of carbonyl (C=O) groups is 2. The lowest BCUT2D eigenvalue weighted by molar-refractivity contribution is 0.0946. The van der Waals surface area contributed by atoms with Crippen LogP contribution >= 0.6 is 0 Å². The van der Waals surface area contributed by atoms with Crippen molar-refractivity contribution < 1.29 is 14.3 Å². The van der Waals surface area contributed by atoms with Crippen LogP contribution in [-0.4, -0.2) is 23.8 Å². The first-order valence-corrected chi connectivity index (χ1v) is 6.21. The summed E-state index contributed by atoms with van der Waals surface area (Å²) in [5.74, 6) is 0.433. The van der Waals surface area contributed by atoms with Gasteiger partial charge in [-0.15, -0.1) is 0 Å². The monoisotopic (exact) mass is 272 g/mol. The number of amides is 1. The van der Waals surface area contributed by atoms with Crippen LogP contribution in [-0.2, 0) is 6.54 Å². The Kier molecular flexibility index (Phi) is 4.20. The van der Waals surface area contributed by atoms with Gasteiger partial charge in [-0.05, 0) is 29.8 Å². The Morgan fingerprint density at radius 3 is 2.30 bits per heavy atom. The largest absolute Gasteiger partial charge is 0.497 e. The molecule has 2 aromatic rings. The van der Waals surface area contributed by atoms with Gasteiger partial charge in [-0.3, -0.25) is 9.59 Å². The van der Waals surface area contributed by atoms with E-state index in [9.17, 15) is 9.59 Å². The summed E-state index contributed by atoms with van der Waals surface area (Å²) in [6, 6.07) is 10.6. The summed E-state index contributed by atoms with van der Waals surface area (Å²) in [6.45, 7) is 1.86. The van der Waals surface area contributed by atoms with Gasteiger partial charge in [0.15, 0.2) is 5.78 Å². The minimum absolute atomic E-state index is 0.0980. The van der Waals surface area contributed by atoms with Gasteiger partial charge in [0.1, 0.15) is 11.4 Å². The number of benzene rings is 1. The number of methoxy groups -OCH3 is 1. The van der Waals surface area contributed by atoms with Crippen molar-refractivity contribution >= 4 is 11.7 Å². The number of rotatable bonds is 5. The van der Waals surface area contributed by atoms with Crippen LogP contribution in [0.4, 0.5) is 0 Å². The number of aromatic amines is 1. The lowest BCUT2D eigenvalue weighted by Gasteiger charge is -2.05. The first-order chi connectivity index (χ1) is 9.60. The van der Waals surface area contributed by atoms with Crippen molar-refractivity contribution in [3.63, 3.8) is 0 Å². The van der Waals surface area contributed by atoms with E-state index in [1.54, 1.807) is 19.2 Å². The smallest absolute Gasteiger partial charge is 0.267 e. The first-order valence-electron chi connectivity index (χ1n) is 6.21. The molecular formula is C15H16N2O3. The Labute approximate surface area is 117 Å². The molecule has 1 heterocycles. The normalized spacial score (nSPS) is 10.1. The second-order valence-corrected chi connectivity index (χ2v) is 4.37. The topological polar surface area (TPSA) is 71.2 Å². The van der Waals surface area contributed by atoms with E-state index in [2.05, 4.69) is 10.3 Å². The van der Waals surface area contributed by atoms with Crippen LogP contribution in [0.2, 0.25) is 0 Å². The molecule has 0 atom stereocenters. The van der Waals surface area contributed by atoms with Crippen LogP contribution in [0.5, 0.6) is 5.75 Å². The molecule has 0 unspecified atom stereocenters. The summed E-state index contributed by atoms with van der Waals surface area (Å²) in [5.41, 5.74) is 1.78. The molecule has 5 heteroatoms. The Hall–Kier alpha value is -2.56. The zero-order chi connectivity index (χ0) is 14.5. The highest BCUT2D eigenvalue weighted by Crippen LogP contribution is 2.11. The highest BCUT2D eigenvalue weighted by molar-refractivity contribution is 5.97. The summed E-state index contributed by atoms with van der Waals surface area (Å²) in [7, 11) is 1.61. The quantitative estimate of drug-likeness (QED) is 0.819. The van der Waals surface area contributed by atoms with E-state index in [-0.39, 0.29) is 11.7 Å². The maximum atomic E-state index is 11.9. The molecule has 0 bridgehead atoms. The molecule has 0 radical (unpaired) electrons. The number of hydrogen-bond acceptors (Lipinski definition) is 3. The van der Waals surface area contributed by atoms with Crippen LogP contribution in [0.15, 0.2) is 36.4 Å². The van der Waals surface area contributed by atoms with Gasteiger partial charge < -0.3 is 15.0 Å².